The van der Waals surface area contributed by atoms with Crippen molar-refractivity contribution in [3.05, 3.63) is 124 Å². The van der Waals surface area contributed by atoms with Gasteiger partial charge in [0.05, 0.1) is 23.1 Å². The highest BCUT2D eigenvalue weighted by atomic mass is 35.5. The van der Waals surface area contributed by atoms with Crippen LogP contribution in [0.3, 0.4) is 0 Å². The minimum absolute atomic E-state index is 0.218. The maximum atomic E-state index is 6.33. The van der Waals surface area contributed by atoms with E-state index in [1.165, 1.54) is 11.1 Å². The molecule has 4 heterocycles. The predicted octanol–water partition coefficient (Wildman–Crippen LogP) is 7.64. The number of nitrogens with zero attached hydrogens (tertiary/aromatic N) is 6. The number of para-hydroxylation sites is 2. The second-order valence-corrected chi connectivity index (χ2v) is 10.6. The largest absolute Gasteiger partial charge is 0.337 e. The third kappa shape index (κ3) is 4.06. The molecule has 0 radical (unpaired) electrons. The van der Waals surface area contributed by atoms with E-state index in [0.717, 1.165) is 39.7 Å². The normalized spacial score (nSPS) is 15.5. The molecule has 3 aromatic carbocycles. The van der Waals surface area contributed by atoms with Gasteiger partial charge in [-0.05, 0) is 86.0 Å². The van der Waals surface area contributed by atoms with E-state index in [1.54, 1.807) is 6.20 Å². The molecule has 1 atom stereocenters. The first-order chi connectivity index (χ1) is 19.5. The standard InChI is InChI=1S/C32H26ClN7/c1-19-16-20(2)18-24(17-19)35-30-32-37-31-28(21(3)38-40(31)27-10-6-7-15-34-27)29(22-11-13-23(33)14-12-22)39(32)26-9-5-4-8-25(26)36-30/h4-18,29H,1-3H3,(H,35,36)/t29-/m1/s1. The number of fused-ring (bicyclic) bond motifs is 4. The molecule has 196 valence electrons. The van der Waals surface area contributed by atoms with Gasteiger partial charge in [-0.1, -0.05) is 48.0 Å². The van der Waals surface area contributed by atoms with Crippen molar-refractivity contribution in [2.75, 3.05) is 10.2 Å². The van der Waals surface area contributed by atoms with Crippen molar-refractivity contribution in [3.63, 3.8) is 0 Å². The third-order valence-electron chi connectivity index (χ3n) is 7.17. The third-order valence-corrected chi connectivity index (χ3v) is 7.43. The first kappa shape index (κ1) is 24.3. The molecule has 7 nitrogen and oxygen atoms in total. The van der Waals surface area contributed by atoms with Gasteiger partial charge < -0.3 is 10.2 Å². The monoisotopic (exact) mass is 543 g/mol. The van der Waals surface area contributed by atoms with Gasteiger partial charge in [-0.15, -0.1) is 0 Å². The minimum atomic E-state index is -0.218. The van der Waals surface area contributed by atoms with Gasteiger partial charge in [0.25, 0.3) is 0 Å². The van der Waals surface area contributed by atoms with Gasteiger partial charge in [-0.2, -0.15) is 9.78 Å². The minimum Gasteiger partial charge on any atom is -0.337 e. The zero-order valence-electron chi connectivity index (χ0n) is 22.3. The van der Waals surface area contributed by atoms with E-state index >= 15 is 0 Å². The van der Waals surface area contributed by atoms with Crippen LogP contribution in [0, 0.1) is 20.8 Å². The molecular formula is C32H26ClN7. The highest BCUT2D eigenvalue weighted by Crippen LogP contribution is 2.48. The number of hydrogen-bond acceptors (Lipinski definition) is 6. The van der Waals surface area contributed by atoms with E-state index in [4.69, 9.17) is 26.7 Å². The molecule has 0 fully saturated rings. The van der Waals surface area contributed by atoms with Crippen LogP contribution in [0.1, 0.15) is 34.0 Å². The smallest absolute Gasteiger partial charge is 0.179 e. The van der Waals surface area contributed by atoms with Crippen LogP contribution in [-0.2, 0) is 0 Å². The summed E-state index contributed by atoms with van der Waals surface area (Å²) < 4.78 is 1.83. The Hall–Kier alpha value is -4.75. The van der Waals surface area contributed by atoms with E-state index in [9.17, 15) is 0 Å². The highest BCUT2D eigenvalue weighted by Gasteiger charge is 2.41. The van der Waals surface area contributed by atoms with Crippen LogP contribution in [0.4, 0.5) is 22.9 Å². The number of halogens is 1. The van der Waals surface area contributed by atoms with Crippen molar-refractivity contribution in [1.82, 2.24) is 14.8 Å². The molecule has 5 aromatic rings. The van der Waals surface area contributed by atoms with Gasteiger partial charge in [0.2, 0.25) is 0 Å². The van der Waals surface area contributed by atoms with Gasteiger partial charge in [0, 0.05) is 22.5 Å². The SMILES string of the molecule is Cc1cc(C)cc(NC2=Nc3ccccc3N3C2=Nc2c(c(C)nn2-c2ccccn2)[C@H]3c2ccc(Cl)cc2)c1. The molecule has 40 heavy (non-hydrogen) atoms. The van der Waals surface area contributed by atoms with Crippen LogP contribution in [-0.4, -0.2) is 26.4 Å². The molecule has 0 amide bonds. The molecule has 0 aliphatic carbocycles. The number of hydrogen-bond donors (Lipinski definition) is 1. The van der Waals surface area contributed by atoms with Crippen molar-refractivity contribution in [2.24, 2.45) is 9.98 Å². The van der Waals surface area contributed by atoms with E-state index in [-0.39, 0.29) is 6.04 Å². The van der Waals surface area contributed by atoms with Gasteiger partial charge in [-0.25, -0.2) is 15.0 Å². The number of pyridine rings is 1. The summed E-state index contributed by atoms with van der Waals surface area (Å²) in [6, 6.07) is 28.1. The Bertz CT molecular complexity index is 1800. The summed E-state index contributed by atoms with van der Waals surface area (Å²) in [6.07, 6.45) is 1.77. The molecule has 0 saturated carbocycles. The summed E-state index contributed by atoms with van der Waals surface area (Å²) in [6.45, 7) is 6.22. The van der Waals surface area contributed by atoms with Crippen LogP contribution in [0.2, 0.25) is 5.02 Å². The van der Waals surface area contributed by atoms with Gasteiger partial charge >= 0.3 is 0 Å². The molecule has 0 unspecified atom stereocenters. The van der Waals surface area contributed by atoms with Gasteiger partial charge in [0.1, 0.15) is 0 Å². The number of aromatic nitrogens is 3. The Kier molecular flexibility index (Phi) is 5.75. The average molecular weight is 544 g/mol. The van der Waals surface area contributed by atoms with Crippen molar-refractivity contribution in [2.45, 2.75) is 26.8 Å². The fraction of sp³-hybridized carbons (Fsp3) is 0.125. The number of aryl methyl sites for hydroxylation is 3. The summed E-state index contributed by atoms with van der Waals surface area (Å²) >= 11 is 6.33. The molecule has 0 saturated heterocycles. The van der Waals surface area contributed by atoms with E-state index in [1.807, 2.05) is 60.1 Å². The highest BCUT2D eigenvalue weighted by molar-refractivity contribution is 6.51. The van der Waals surface area contributed by atoms with E-state index < -0.39 is 0 Å². The first-order valence-corrected chi connectivity index (χ1v) is 13.5. The van der Waals surface area contributed by atoms with Crippen molar-refractivity contribution in [1.29, 1.82) is 0 Å². The lowest BCUT2D eigenvalue weighted by Crippen LogP contribution is -2.46. The van der Waals surface area contributed by atoms with Crippen LogP contribution in [0.5, 0.6) is 0 Å². The second-order valence-electron chi connectivity index (χ2n) is 10.1. The van der Waals surface area contributed by atoms with Crippen molar-refractivity contribution >= 4 is 46.2 Å². The topological polar surface area (TPSA) is 70.7 Å². The van der Waals surface area contributed by atoms with Crippen molar-refractivity contribution < 1.29 is 0 Å². The van der Waals surface area contributed by atoms with Crippen molar-refractivity contribution in [3.8, 4) is 5.82 Å². The molecule has 2 aromatic heterocycles. The number of rotatable bonds is 3. The van der Waals surface area contributed by atoms with Crippen LogP contribution in [0.15, 0.2) is 101 Å². The molecule has 2 aliphatic rings. The maximum Gasteiger partial charge on any atom is 0.179 e. The number of nitrogens with one attached hydrogen (secondary N) is 1. The summed E-state index contributed by atoms with van der Waals surface area (Å²) in [5, 5.41) is 9.22. The van der Waals surface area contributed by atoms with E-state index in [0.29, 0.717) is 22.5 Å². The quantitative estimate of drug-likeness (QED) is 0.254. The number of amidine groups is 2. The number of aliphatic imine (C=N–C) groups is 2. The van der Waals surface area contributed by atoms with Crippen LogP contribution in [0.25, 0.3) is 5.82 Å². The predicted molar refractivity (Wildman–Crippen MR) is 162 cm³/mol. The molecule has 2 aliphatic heterocycles. The summed E-state index contributed by atoms with van der Waals surface area (Å²) in [5.41, 5.74) is 8.12. The Morgan fingerprint density at radius 1 is 0.825 bits per heavy atom. The Balaban J connectivity index is 1.50. The summed E-state index contributed by atoms with van der Waals surface area (Å²) in [7, 11) is 0. The van der Waals surface area contributed by atoms with Crippen LogP contribution < -0.4 is 10.2 Å². The van der Waals surface area contributed by atoms with E-state index in [2.05, 4.69) is 65.4 Å². The molecule has 8 heteroatoms. The second kappa shape index (κ2) is 9.47. The maximum absolute atomic E-state index is 6.33. The fourth-order valence-electron chi connectivity index (χ4n) is 5.58. The molecule has 0 spiro atoms. The summed E-state index contributed by atoms with van der Waals surface area (Å²) in [4.78, 5) is 17.2. The Labute approximate surface area is 237 Å². The van der Waals surface area contributed by atoms with Gasteiger partial charge in [-0.3, -0.25) is 0 Å². The number of anilines is 2. The lowest BCUT2D eigenvalue weighted by Gasteiger charge is -2.40. The molecule has 1 N–H and O–H groups in total. The Morgan fingerprint density at radius 2 is 1.57 bits per heavy atom. The zero-order valence-corrected chi connectivity index (χ0v) is 23.1. The zero-order chi connectivity index (χ0) is 27.4. The Morgan fingerprint density at radius 3 is 2.33 bits per heavy atom. The fourth-order valence-corrected chi connectivity index (χ4v) is 5.71. The lowest BCUT2D eigenvalue weighted by molar-refractivity contribution is 0.810. The molecule has 7 rings (SSSR count). The molecular weight excluding hydrogens is 518 g/mol. The number of benzene rings is 3. The summed E-state index contributed by atoms with van der Waals surface area (Å²) in [5.74, 6) is 2.82. The molecule has 0 bridgehead atoms. The van der Waals surface area contributed by atoms with Crippen LogP contribution >= 0.6 is 11.6 Å². The first-order valence-electron chi connectivity index (χ1n) is 13.1. The average Bonchev–Trinajstić information content (AvgIpc) is 3.28. The van der Waals surface area contributed by atoms with Gasteiger partial charge in [0.15, 0.2) is 23.3 Å². The lowest BCUT2D eigenvalue weighted by atomic mass is 9.93.